The smallest absolute Gasteiger partial charge is 0.193 e. The third-order valence-corrected chi connectivity index (χ3v) is 3.81. The molecule has 2 aromatic heterocycles. The van der Waals surface area contributed by atoms with Crippen molar-refractivity contribution < 1.29 is 9.53 Å². The number of hydrogen-bond acceptors (Lipinski definition) is 4. The number of imidazole rings is 1. The molecule has 0 saturated carbocycles. The molecule has 0 aliphatic carbocycles. The first-order chi connectivity index (χ1) is 9.63. The van der Waals surface area contributed by atoms with E-state index in [1.54, 1.807) is 24.3 Å². The van der Waals surface area contributed by atoms with Gasteiger partial charge in [-0.05, 0) is 31.5 Å². The molecule has 3 rings (SSSR count). The zero-order valence-corrected chi connectivity index (χ0v) is 12.1. The Kier molecular flexibility index (Phi) is 3.28. The lowest BCUT2D eigenvalue weighted by molar-refractivity contribution is 0.101. The average molecular weight is 286 g/mol. The Morgan fingerprint density at radius 1 is 1.45 bits per heavy atom. The molecule has 20 heavy (non-hydrogen) atoms. The molecule has 4 nitrogen and oxygen atoms in total. The molecular formula is C15H14N2O2S. The van der Waals surface area contributed by atoms with Gasteiger partial charge in [-0.15, -0.1) is 11.3 Å². The third-order valence-electron chi connectivity index (χ3n) is 3.04. The fourth-order valence-electron chi connectivity index (χ4n) is 2.04. The third kappa shape index (κ3) is 2.44. The summed E-state index contributed by atoms with van der Waals surface area (Å²) < 4.78 is 7.74. The number of rotatable bonds is 4. The number of Topliss-reactive ketones (excluding diaryl/α,β-unsaturated/α-hetero) is 1. The highest BCUT2D eigenvalue weighted by Crippen LogP contribution is 2.22. The predicted octanol–water partition coefficient (Wildman–Crippen LogP) is 3.49. The maximum absolute atomic E-state index is 11.6. The highest BCUT2D eigenvalue weighted by Gasteiger charge is 2.10. The van der Waals surface area contributed by atoms with E-state index >= 15 is 0 Å². The van der Waals surface area contributed by atoms with E-state index in [0.29, 0.717) is 17.9 Å². The normalized spacial score (nSPS) is 10.9. The van der Waals surface area contributed by atoms with Crippen LogP contribution in [0.25, 0.3) is 4.96 Å². The summed E-state index contributed by atoms with van der Waals surface area (Å²) in [6.45, 7) is 3.88. The van der Waals surface area contributed by atoms with Crippen molar-refractivity contribution in [3.05, 3.63) is 52.8 Å². The summed E-state index contributed by atoms with van der Waals surface area (Å²) in [5.41, 5.74) is 2.53. The van der Waals surface area contributed by atoms with Gasteiger partial charge in [-0.25, -0.2) is 4.98 Å². The van der Waals surface area contributed by atoms with E-state index < -0.39 is 0 Å². The quantitative estimate of drug-likeness (QED) is 0.690. The van der Waals surface area contributed by atoms with Crippen molar-refractivity contribution in [2.75, 3.05) is 0 Å². The number of aromatic nitrogens is 2. The van der Waals surface area contributed by atoms with Crippen LogP contribution in [0.4, 0.5) is 0 Å². The van der Waals surface area contributed by atoms with Gasteiger partial charge in [0.15, 0.2) is 10.7 Å². The number of ether oxygens (including phenoxy) is 1. The number of thiazole rings is 1. The number of carbonyl (C=O) groups is 1. The summed E-state index contributed by atoms with van der Waals surface area (Å²) in [4.78, 5) is 17.0. The van der Waals surface area contributed by atoms with Crippen LogP contribution in [0.5, 0.6) is 5.75 Å². The van der Waals surface area contributed by atoms with Gasteiger partial charge in [0, 0.05) is 17.8 Å². The van der Waals surface area contributed by atoms with Crippen molar-refractivity contribution >= 4 is 22.1 Å². The minimum atomic E-state index is 0.00539. The van der Waals surface area contributed by atoms with Gasteiger partial charge in [-0.1, -0.05) is 6.07 Å². The molecule has 0 amide bonds. The summed E-state index contributed by atoms with van der Waals surface area (Å²) in [5, 5.41) is 1.99. The van der Waals surface area contributed by atoms with E-state index in [4.69, 9.17) is 4.74 Å². The van der Waals surface area contributed by atoms with Gasteiger partial charge in [-0.3, -0.25) is 9.20 Å². The van der Waals surface area contributed by atoms with Crippen LogP contribution in [0.15, 0.2) is 36.0 Å². The maximum Gasteiger partial charge on any atom is 0.193 e. The summed E-state index contributed by atoms with van der Waals surface area (Å²) in [5.74, 6) is 0.625. The Hall–Kier alpha value is -2.14. The van der Waals surface area contributed by atoms with E-state index in [1.165, 1.54) is 0 Å². The van der Waals surface area contributed by atoms with Crippen LogP contribution >= 0.6 is 11.3 Å². The highest BCUT2D eigenvalue weighted by molar-refractivity contribution is 7.15. The first-order valence-corrected chi connectivity index (χ1v) is 7.17. The van der Waals surface area contributed by atoms with Crippen LogP contribution < -0.4 is 4.74 Å². The molecule has 0 fully saturated rings. The molecule has 5 heteroatoms. The lowest BCUT2D eigenvalue weighted by atomic mass is 10.1. The second kappa shape index (κ2) is 5.09. The number of carbonyl (C=O) groups excluding carboxylic acids is 1. The average Bonchev–Trinajstić information content (AvgIpc) is 2.96. The molecule has 1 aromatic carbocycles. The zero-order valence-electron chi connectivity index (χ0n) is 11.3. The number of nitrogens with zero attached hydrogens (tertiary/aromatic N) is 2. The van der Waals surface area contributed by atoms with E-state index in [2.05, 4.69) is 4.98 Å². The standard InChI is InChI=1S/C15H14N2O2S/c1-10-3-4-13(11(2)18)14(7-10)19-9-12-8-17-5-6-20-15(17)16-12/h3-8H,9H2,1-2H3. The largest absolute Gasteiger partial charge is 0.486 e. The van der Waals surface area contributed by atoms with E-state index in [-0.39, 0.29) is 5.78 Å². The summed E-state index contributed by atoms with van der Waals surface area (Å²) in [7, 11) is 0. The topological polar surface area (TPSA) is 43.6 Å². The summed E-state index contributed by atoms with van der Waals surface area (Å²) in [6.07, 6.45) is 3.90. The van der Waals surface area contributed by atoms with Crippen molar-refractivity contribution in [1.82, 2.24) is 9.38 Å². The Balaban J connectivity index is 1.82. The van der Waals surface area contributed by atoms with Gasteiger partial charge in [0.05, 0.1) is 11.3 Å². The Labute approximate surface area is 120 Å². The second-order valence-corrected chi connectivity index (χ2v) is 5.54. The van der Waals surface area contributed by atoms with Crippen LogP contribution in [0.3, 0.4) is 0 Å². The molecule has 0 radical (unpaired) electrons. The van der Waals surface area contributed by atoms with Gasteiger partial charge in [0.2, 0.25) is 0 Å². The molecule has 102 valence electrons. The van der Waals surface area contributed by atoms with Crippen molar-refractivity contribution in [1.29, 1.82) is 0 Å². The first-order valence-electron chi connectivity index (χ1n) is 6.29. The highest BCUT2D eigenvalue weighted by atomic mass is 32.1. The van der Waals surface area contributed by atoms with Gasteiger partial charge in [-0.2, -0.15) is 0 Å². The Morgan fingerprint density at radius 3 is 3.05 bits per heavy atom. The van der Waals surface area contributed by atoms with Crippen LogP contribution in [-0.4, -0.2) is 15.2 Å². The van der Waals surface area contributed by atoms with Gasteiger partial charge < -0.3 is 4.74 Å². The number of benzene rings is 1. The number of ketones is 1. The molecule has 2 heterocycles. The SMILES string of the molecule is CC(=O)c1ccc(C)cc1OCc1cn2ccsc2n1. The minimum Gasteiger partial charge on any atom is -0.486 e. The van der Waals surface area contributed by atoms with Crippen molar-refractivity contribution in [3.8, 4) is 5.75 Å². The molecule has 0 N–H and O–H groups in total. The molecule has 0 aliphatic rings. The molecule has 3 aromatic rings. The molecule has 0 atom stereocenters. The van der Waals surface area contributed by atoms with Gasteiger partial charge in [0.25, 0.3) is 0 Å². The van der Waals surface area contributed by atoms with Crippen molar-refractivity contribution in [2.24, 2.45) is 0 Å². The van der Waals surface area contributed by atoms with Gasteiger partial charge in [0.1, 0.15) is 12.4 Å². The van der Waals surface area contributed by atoms with Crippen molar-refractivity contribution in [3.63, 3.8) is 0 Å². The van der Waals surface area contributed by atoms with E-state index in [1.807, 2.05) is 41.2 Å². The minimum absolute atomic E-state index is 0.00539. The molecule has 0 aliphatic heterocycles. The fourth-order valence-corrected chi connectivity index (χ4v) is 2.76. The number of hydrogen-bond donors (Lipinski definition) is 0. The Bertz CT molecular complexity index is 745. The predicted molar refractivity (Wildman–Crippen MR) is 78.6 cm³/mol. The van der Waals surface area contributed by atoms with Gasteiger partial charge >= 0.3 is 0 Å². The molecule has 0 saturated heterocycles. The molecule has 0 unspecified atom stereocenters. The van der Waals surface area contributed by atoms with Crippen LogP contribution in [-0.2, 0) is 6.61 Å². The lowest BCUT2D eigenvalue weighted by Gasteiger charge is -2.09. The van der Waals surface area contributed by atoms with E-state index in [0.717, 1.165) is 16.2 Å². The number of fused-ring (bicyclic) bond motifs is 1. The fraction of sp³-hybridized carbons (Fsp3) is 0.200. The summed E-state index contributed by atoms with van der Waals surface area (Å²) in [6, 6.07) is 5.60. The van der Waals surface area contributed by atoms with Crippen molar-refractivity contribution in [2.45, 2.75) is 20.5 Å². The maximum atomic E-state index is 11.6. The van der Waals surface area contributed by atoms with Crippen LogP contribution in [0, 0.1) is 6.92 Å². The first kappa shape index (κ1) is 12.9. The molecule has 0 spiro atoms. The molecular weight excluding hydrogens is 272 g/mol. The van der Waals surface area contributed by atoms with Crippen LogP contribution in [0.1, 0.15) is 28.5 Å². The van der Waals surface area contributed by atoms with E-state index in [9.17, 15) is 4.79 Å². The molecule has 0 bridgehead atoms. The second-order valence-electron chi connectivity index (χ2n) is 4.67. The number of aryl methyl sites for hydroxylation is 1. The van der Waals surface area contributed by atoms with Crippen LogP contribution in [0.2, 0.25) is 0 Å². The zero-order chi connectivity index (χ0) is 14.1. The Morgan fingerprint density at radius 2 is 2.30 bits per heavy atom. The summed E-state index contributed by atoms with van der Waals surface area (Å²) >= 11 is 1.58. The lowest BCUT2D eigenvalue weighted by Crippen LogP contribution is -2.02. The monoisotopic (exact) mass is 286 g/mol.